The summed E-state index contributed by atoms with van der Waals surface area (Å²) in [4.78, 5) is 7.61. The van der Waals surface area contributed by atoms with Gasteiger partial charge in [-0.25, -0.2) is 4.98 Å². The zero-order chi connectivity index (χ0) is 12.7. The van der Waals surface area contributed by atoms with Crippen LogP contribution in [0, 0.1) is 0 Å². The number of hydrogen-bond donors (Lipinski definition) is 1. The molecule has 0 fully saturated rings. The van der Waals surface area contributed by atoms with Crippen molar-refractivity contribution < 1.29 is 0 Å². The van der Waals surface area contributed by atoms with E-state index in [0.29, 0.717) is 0 Å². The second-order valence-corrected chi connectivity index (χ2v) is 4.63. The van der Waals surface area contributed by atoms with Crippen LogP contribution in [-0.2, 0) is 0 Å². The molecule has 2 heteroatoms. The lowest BCUT2D eigenvalue weighted by molar-refractivity contribution is 1.34. The van der Waals surface area contributed by atoms with Crippen molar-refractivity contribution in [2.75, 3.05) is 0 Å². The van der Waals surface area contributed by atoms with Gasteiger partial charge in [0.1, 0.15) is 0 Å². The van der Waals surface area contributed by atoms with E-state index < -0.39 is 0 Å². The summed E-state index contributed by atoms with van der Waals surface area (Å²) in [5.74, 6) is 0. The van der Waals surface area contributed by atoms with Gasteiger partial charge in [0.25, 0.3) is 0 Å². The molecular formula is C17H12N2. The molecule has 0 bridgehead atoms. The Balaban J connectivity index is 2.12. The Morgan fingerprint density at radius 3 is 2.53 bits per heavy atom. The van der Waals surface area contributed by atoms with Crippen molar-refractivity contribution in [1.82, 2.24) is 9.97 Å². The smallest absolute Gasteiger partial charge is 0.0961 e. The second-order valence-electron chi connectivity index (χ2n) is 4.63. The van der Waals surface area contributed by atoms with Gasteiger partial charge in [0.15, 0.2) is 0 Å². The van der Waals surface area contributed by atoms with Crippen molar-refractivity contribution in [2.24, 2.45) is 0 Å². The van der Waals surface area contributed by atoms with E-state index in [9.17, 15) is 0 Å². The molecule has 0 amide bonds. The molecule has 4 rings (SSSR count). The first-order valence-corrected chi connectivity index (χ1v) is 6.34. The highest BCUT2D eigenvalue weighted by atomic mass is 14.9. The maximum absolute atomic E-state index is 4.45. The second kappa shape index (κ2) is 3.95. The van der Waals surface area contributed by atoms with E-state index >= 15 is 0 Å². The maximum Gasteiger partial charge on any atom is 0.0961 e. The van der Waals surface area contributed by atoms with Crippen LogP contribution >= 0.6 is 0 Å². The molecule has 3 aromatic carbocycles. The Kier molecular flexibility index (Phi) is 2.15. The fraction of sp³-hybridized carbons (Fsp3) is 0. The molecule has 90 valence electrons. The van der Waals surface area contributed by atoms with Crippen LogP contribution in [0.3, 0.4) is 0 Å². The summed E-state index contributed by atoms with van der Waals surface area (Å²) in [7, 11) is 0. The van der Waals surface area contributed by atoms with E-state index in [-0.39, 0.29) is 0 Å². The highest BCUT2D eigenvalue weighted by Crippen LogP contribution is 2.32. The van der Waals surface area contributed by atoms with Crippen LogP contribution in [0.5, 0.6) is 0 Å². The van der Waals surface area contributed by atoms with Gasteiger partial charge in [-0.2, -0.15) is 0 Å². The molecule has 2 nitrogen and oxygen atoms in total. The van der Waals surface area contributed by atoms with Gasteiger partial charge < -0.3 is 4.98 Å². The van der Waals surface area contributed by atoms with E-state index in [4.69, 9.17) is 0 Å². The molecular weight excluding hydrogens is 232 g/mol. The van der Waals surface area contributed by atoms with Crippen LogP contribution in [-0.4, -0.2) is 9.97 Å². The van der Waals surface area contributed by atoms with E-state index in [1.54, 1.807) is 6.33 Å². The first-order chi connectivity index (χ1) is 9.43. The zero-order valence-corrected chi connectivity index (χ0v) is 10.3. The predicted molar refractivity (Wildman–Crippen MR) is 79.0 cm³/mol. The normalized spacial score (nSPS) is 11.2. The van der Waals surface area contributed by atoms with Crippen molar-refractivity contribution in [2.45, 2.75) is 0 Å². The number of hydrogen-bond acceptors (Lipinski definition) is 1. The van der Waals surface area contributed by atoms with E-state index in [0.717, 1.165) is 11.0 Å². The first-order valence-electron chi connectivity index (χ1n) is 6.34. The Morgan fingerprint density at radius 1 is 0.737 bits per heavy atom. The monoisotopic (exact) mass is 244 g/mol. The molecule has 0 aliphatic rings. The van der Waals surface area contributed by atoms with Crippen LogP contribution in [0.2, 0.25) is 0 Å². The number of nitrogens with one attached hydrogen (secondary N) is 1. The quantitative estimate of drug-likeness (QED) is 0.528. The van der Waals surface area contributed by atoms with Gasteiger partial charge in [-0.05, 0) is 22.4 Å². The number of fused-ring (bicyclic) bond motifs is 2. The van der Waals surface area contributed by atoms with Crippen molar-refractivity contribution in [3.05, 3.63) is 67.0 Å². The molecule has 0 spiro atoms. The minimum atomic E-state index is 1.03. The fourth-order valence-electron chi connectivity index (χ4n) is 2.64. The number of para-hydroxylation sites is 1. The SMILES string of the molecule is c1ccc2c(-c3cccc4[nH]cnc34)cccc2c1. The molecule has 1 N–H and O–H groups in total. The molecule has 0 radical (unpaired) electrons. The number of H-pyrrole nitrogens is 1. The number of aromatic nitrogens is 2. The summed E-state index contributed by atoms with van der Waals surface area (Å²) in [6, 6.07) is 21.1. The zero-order valence-electron chi connectivity index (χ0n) is 10.3. The van der Waals surface area contributed by atoms with Crippen LogP contribution in [0.15, 0.2) is 67.0 Å². The van der Waals surface area contributed by atoms with Gasteiger partial charge in [-0.1, -0.05) is 54.6 Å². The lowest BCUT2D eigenvalue weighted by atomic mass is 9.97. The molecule has 19 heavy (non-hydrogen) atoms. The predicted octanol–water partition coefficient (Wildman–Crippen LogP) is 4.38. The third-order valence-electron chi connectivity index (χ3n) is 3.53. The average Bonchev–Trinajstić information content (AvgIpc) is 2.95. The Labute approximate surface area is 110 Å². The van der Waals surface area contributed by atoms with E-state index in [1.165, 1.54) is 21.9 Å². The van der Waals surface area contributed by atoms with Crippen molar-refractivity contribution in [3.63, 3.8) is 0 Å². The van der Waals surface area contributed by atoms with Gasteiger partial charge in [0.2, 0.25) is 0 Å². The minimum absolute atomic E-state index is 1.03. The van der Waals surface area contributed by atoms with Crippen molar-refractivity contribution in [1.29, 1.82) is 0 Å². The largest absolute Gasteiger partial charge is 0.345 e. The molecule has 0 saturated carbocycles. The van der Waals surface area contributed by atoms with Crippen LogP contribution < -0.4 is 0 Å². The molecule has 4 aromatic rings. The highest BCUT2D eigenvalue weighted by Gasteiger charge is 2.08. The number of imidazole rings is 1. The summed E-state index contributed by atoms with van der Waals surface area (Å²) in [5, 5.41) is 2.52. The number of rotatable bonds is 1. The topological polar surface area (TPSA) is 28.7 Å². The van der Waals surface area contributed by atoms with Gasteiger partial charge in [-0.15, -0.1) is 0 Å². The summed E-state index contributed by atoms with van der Waals surface area (Å²) in [5.41, 5.74) is 4.51. The lowest BCUT2D eigenvalue weighted by Gasteiger charge is -2.07. The summed E-state index contributed by atoms with van der Waals surface area (Å²) >= 11 is 0. The molecule has 0 aliphatic carbocycles. The average molecular weight is 244 g/mol. The van der Waals surface area contributed by atoms with Crippen molar-refractivity contribution >= 4 is 21.8 Å². The third-order valence-corrected chi connectivity index (χ3v) is 3.53. The molecule has 0 unspecified atom stereocenters. The minimum Gasteiger partial charge on any atom is -0.345 e. The van der Waals surface area contributed by atoms with Gasteiger partial charge in [0, 0.05) is 5.56 Å². The number of benzene rings is 3. The van der Waals surface area contributed by atoms with E-state index in [1.807, 2.05) is 0 Å². The standard InChI is InChI=1S/C17H12N2/c1-2-7-13-12(5-1)6-3-8-14(13)15-9-4-10-16-17(15)19-11-18-16/h1-11H,(H,18,19). The van der Waals surface area contributed by atoms with Crippen LogP contribution in [0.1, 0.15) is 0 Å². The number of nitrogens with zero attached hydrogens (tertiary/aromatic N) is 1. The fourth-order valence-corrected chi connectivity index (χ4v) is 2.64. The molecule has 0 atom stereocenters. The highest BCUT2D eigenvalue weighted by molar-refractivity contribution is 6.03. The first kappa shape index (κ1) is 10.3. The maximum atomic E-state index is 4.45. The summed E-state index contributed by atoms with van der Waals surface area (Å²) in [6.07, 6.45) is 1.75. The van der Waals surface area contributed by atoms with Gasteiger partial charge >= 0.3 is 0 Å². The Morgan fingerprint density at radius 2 is 1.53 bits per heavy atom. The lowest BCUT2D eigenvalue weighted by Crippen LogP contribution is -1.83. The third kappa shape index (κ3) is 1.54. The van der Waals surface area contributed by atoms with Gasteiger partial charge in [0.05, 0.1) is 17.4 Å². The molecule has 0 aliphatic heterocycles. The Bertz CT molecular complexity index is 869. The molecule has 0 saturated heterocycles. The van der Waals surface area contributed by atoms with E-state index in [2.05, 4.69) is 70.6 Å². The van der Waals surface area contributed by atoms with Crippen molar-refractivity contribution in [3.8, 4) is 11.1 Å². The van der Waals surface area contributed by atoms with Crippen LogP contribution in [0.4, 0.5) is 0 Å². The van der Waals surface area contributed by atoms with Gasteiger partial charge in [-0.3, -0.25) is 0 Å². The Hall–Kier alpha value is -2.61. The number of aromatic amines is 1. The molecule has 1 aromatic heterocycles. The summed E-state index contributed by atoms with van der Waals surface area (Å²) in [6.45, 7) is 0. The van der Waals surface area contributed by atoms with Crippen LogP contribution in [0.25, 0.3) is 32.9 Å². The molecule has 1 heterocycles. The summed E-state index contributed by atoms with van der Waals surface area (Å²) < 4.78 is 0.